The van der Waals surface area contributed by atoms with Gasteiger partial charge in [-0.1, -0.05) is 62.2 Å². The van der Waals surface area contributed by atoms with Gasteiger partial charge >= 0.3 is 5.97 Å². The number of hydrogen-bond donors (Lipinski definition) is 2. The van der Waals surface area contributed by atoms with E-state index in [0.29, 0.717) is 32.4 Å². The van der Waals surface area contributed by atoms with E-state index in [1.54, 1.807) is 24.0 Å². The second kappa shape index (κ2) is 15.0. The molecule has 10 heteroatoms. The van der Waals surface area contributed by atoms with Crippen molar-refractivity contribution in [2.24, 2.45) is 11.8 Å². The number of esters is 1. The third-order valence-corrected chi connectivity index (χ3v) is 9.19. The van der Waals surface area contributed by atoms with Crippen molar-refractivity contribution in [3.8, 4) is 0 Å². The molecule has 3 aliphatic heterocycles. The van der Waals surface area contributed by atoms with Crippen LogP contribution in [0.1, 0.15) is 70.4 Å². The lowest BCUT2D eigenvalue weighted by atomic mass is 9.70. The minimum Gasteiger partial charge on any atom is -0.463 e. The van der Waals surface area contributed by atoms with Crippen molar-refractivity contribution in [1.29, 1.82) is 0 Å². The number of unbranched alkanes of at least 4 members (excludes halogenated alkanes) is 2. The molecule has 2 bridgehead atoms. The number of hydrogen-bond acceptors (Lipinski definition) is 7. The average Bonchev–Trinajstić information content (AvgIpc) is 3.68. The van der Waals surface area contributed by atoms with Crippen molar-refractivity contribution in [3.05, 3.63) is 61.2 Å². The first kappa shape index (κ1) is 33.4. The quantitative estimate of drug-likeness (QED) is 0.158. The molecular formula is C34H47N3O7. The third kappa shape index (κ3) is 6.61. The zero-order valence-electron chi connectivity index (χ0n) is 26.0. The van der Waals surface area contributed by atoms with Gasteiger partial charge in [-0.25, -0.2) is 0 Å². The van der Waals surface area contributed by atoms with Crippen molar-refractivity contribution in [2.45, 2.75) is 88.6 Å². The van der Waals surface area contributed by atoms with E-state index in [1.807, 2.05) is 30.3 Å². The van der Waals surface area contributed by atoms with Gasteiger partial charge in [0, 0.05) is 19.5 Å². The highest BCUT2D eigenvalue weighted by molar-refractivity contribution is 5.99. The summed E-state index contributed by atoms with van der Waals surface area (Å²) in [7, 11) is 0. The molecule has 4 rings (SSSR count). The fraction of sp³-hybridized carbons (Fsp3) is 0.588. The third-order valence-electron chi connectivity index (χ3n) is 9.19. The lowest BCUT2D eigenvalue weighted by Crippen LogP contribution is -2.58. The molecule has 0 aliphatic carbocycles. The molecule has 3 saturated heterocycles. The highest BCUT2D eigenvalue weighted by atomic mass is 16.5. The van der Waals surface area contributed by atoms with Crippen LogP contribution >= 0.6 is 0 Å². The maximum absolute atomic E-state index is 14.3. The van der Waals surface area contributed by atoms with Crippen LogP contribution in [0.4, 0.5) is 0 Å². The Morgan fingerprint density at radius 2 is 1.98 bits per heavy atom. The standard InChI is InChI=1S/C34H47N3O7/c1-5-8-13-20-36(19-7-3)33(42)30-34-18-17-26(44-34)28(29(34)32(41)37(30)23(4)21-38)31(40)35-25(24-14-11-10-12-15-24)22-43-27(39)16-9-6-2/h6-7,10-12,14-15,23,25-26,28-30,38H,2-3,5,8-9,13,16-22H2,1,4H3,(H,35,40)/t23-,25+,26-,28+,29+,30-,34+/m1/s1. The summed E-state index contributed by atoms with van der Waals surface area (Å²) in [5.41, 5.74) is -0.418. The van der Waals surface area contributed by atoms with E-state index in [0.717, 1.165) is 24.8 Å². The van der Waals surface area contributed by atoms with Gasteiger partial charge in [0.2, 0.25) is 17.7 Å². The number of ether oxygens (including phenoxy) is 2. The van der Waals surface area contributed by atoms with Crippen LogP contribution in [0.5, 0.6) is 0 Å². The van der Waals surface area contributed by atoms with E-state index in [4.69, 9.17) is 9.47 Å². The molecule has 3 amide bonds. The number of aliphatic hydroxyl groups is 1. The summed E-state index contributed by atoms with van der Waals surface area (Å²) in [6.07, 6.45) is 7.21. The Balaban J connectivity index is 1.62. The molecule has 3 fully saturated rings. The van der Waals surface area contributed by atoms with Gasteiger partial charge in [-0.2, -0.15) is 0 Å². The Hall–Kier alpha value is -3.50. The Kier molecular flexibility index (Phi) is 11.4. The van der Waals surface area contributed by atoms with E-state index < -0.39 is 47.6 Å². The zero-order valence-corrected chi connectivity index (χ0v) is 26.0. The molecule has 7 atom stereocenters. The fourth-order valence-corrected chi connectivity index (χ4v) is 7.05. The van der Waals surface area contributed by atoms with E-state index in [9.17, 15) is 24.3 Å². The van der Waals surface area contributed by atoms with Gasteiger partial charge in [0.1, 0.15) is 18.2 Å². The number of amides is 3. The molecular weight excluding hydrogens is 562 g/mol. The van der Waals surface area contributed by atoms with Crippen LogP contribution in [0.15, 0.2) is 55.6 Å². The van der Waals surface area contributed by atoms with Gasteiger partial charge < -0.3 is 29.7 Å². The summed E-state index contributed by atoms with van der Waals surface area (Å²) in [6, 6.07) is 6.97. The van der Waals surface area contributed by atoms with Gasteiger partial charge in [-0.15, -0.1) is 13.2 Å². The van der Waals surface area contributed by atoms with Crippen molar-refractivity contribution in [3.63, 3.8) is 0 Å². The SMILES string of the molecule is C=CCCC(=O)OC[C@H](NC(=O)[C@@H]1[C@H]2C(=O)N([C@H](C)CO)[C@H](C(=O)N(CC=C)CCCCC)[C@]23CC[C@H]1O3)c1ccccc1. The lowest BCUT2D eigenvalue weighted by Gasteiger charge is -2.38. The largest absolute Gasteiger partial charge is 0.463 e. The van der Waals surface area contributed by atoms with Crippen LogP contribution in [0.2, 0.25) is 0 Å². The Labute approximate surface area is 260 Å². The molecule has 0 radical (unpaired) electrons. The molecule has 3 heterocycles. The number of carbonyl (C=O) groups is 4. The van der Waals surface area contributed by atoms with Crippen molar-refractivity contribution < 1.29 is 33.8 Å². The fourth-order valence-electron chi connectivity index (χ4n) is 7.05. The first-order valence-electron chi connectivity index (χ1n) is 15.9. The average molecular weight is 610 g/mol. The van der Waals surface area contributed by atoms with E-state index in [2.05, 4.69) is 25.4 Å². The number of nitrogens with one attached hydrogen (secondary N) is 1. The van der Waals surface area contributed by atoms with Crippen molar-refractivity contribution in [2.75, 3.05) is 26.3 Å². The van der Waals surface area contributed by atoms with E-state index in [1.165, 1.54) is 4.90 Å². The molecule has 0 saturated carbocycles. The molecule has 10 nitrogen and oxygen atoms in total. The highest BCUT2D eigenvalue weighted by Gasteiger charge is 2.75. The molecule has 44 heavy (non-hydrogen) atoms. The monoisotopic (exact) mass is 609 g/mol. The van der Waals surface area contributed by atoms with Crippen molar-refractivity contribution in [1.82, 2.24) is 15.1 Å². The van der Waals surface area contributed by atoms with E-state index >= 15 is 0 Å². The first-order chi connectivity index (χ1) is 21.2. The predicted molar refractivity (Wildman–Crippen MR) is 165 cm³/mol. The van der Waals surface area contributed by atoms with Gasteiger partial charge in [-0.3, -0.25) is 19.2 Å². The molecule has 0 aromatic heterocycles. The Bertz CT molecular complexity index is 1210. The minimum absolute atomic E-state index is 0.0726. The second-order valence-electron chi connectivity index (χ2n) is 12.1. The summed E-state index contributed by atoms with van der Waals surface area (Å²) in [6.45, 7) is 11.7. The summed E-state index contributed by atoms with van der Waals surface area (Å²) in [5.74, 6) is -3.10. The van der Waals surface area contributed by atoms with Crippen LogP contribution in [0.25, 0.3) is 0 Å². The molecule has 2 N–H and O–H groups in total. The molecule has 240 valence electrons. The zero-order chi connectivity index (χ0) is 31.9. The van der Waals surface area contributed by atoms with Gasteiger partial charge in [-0.05, 0) is 38.2 Å². The number of nitrogens with zero attached hydrogens (tertiary/aromatic N) is 2. The first-order valence-corrected chi connectivity index (χ1v) is 15.9. The topological polar surface area (TPSA) is 125 Å². The molecule has 0 unspecified atom stereocenters. The molecule has 1 aromatic rings. The van der Waals surface area contributed by atoms with Gasteiger partial charge in [0.15, 0.2) is 0 Å². The van der Waals surface area contributed by atoms with Crippen molar-refractivity contribution >= 4 is 23.7 Å². The number of likely N-dealkylation sites (tertiary alicyclic amines) is 1. The number of aliphatic hydroxyl groups excluding tert-OH is 1. The predicted octanol–water partition coefficient (Wildman–Crippen LogP) is 3.31. The highest BCUT2D eigenvalue weighted by Crippen LogP contribution is 2.59. The number of carbonyl (C=O) groups excluding carboxylic acids is 4. The summed E-state index contributed by atoms with van der Waals surface area (Å²) < 4.78 is 12.1. The van der Waals surface area contributed by atoms with Crippen LogP contribution in [-0.4, -0.2) is 88.7 Å². The molecule has 1 aromatic carbocycles. The van der Waals surface area contributed by atoms with E-state index in [-0.39, 0.29) is 37.4 Å². The number of benzene rings is 1. The van der Waals surface area contributed by atoms with Crippen LogP contribution in [-0.2, 0) is 28.7 Å². The molecule has 3 aliphatic rings. The lowest BCUT2D eigenvalue weighted by molar-refractivity contribution is -0.151. The normalized spacial score (nSPS) is 26.5. The maximum atomic E-state index is 14.3. The Morgan fingerprint density at radius 1 is 1.23 bits per heavy atom. The van der Waals surface area contributed by atoms with Crippen LogP contribution < -0.4 is 5.32 Å². The smallest absolute Gasteiger partial charge is 0.306 e. The van der Waals surface area contributed by atoms with Crippen LogP contribution in [0.3, 0.4) is 0 Å². The second-order valence-corrected chi connectivity index (χ2v) is 12.1. The minimum atomic E-state index is -1.17. The summed E-state index contributed by atoms with van der Waals surface area (Å²) >= 11 is 0. The summed E-state index contributed by atoms with van der Waals surface area (Å²) in [5, 5.41) is 13.2. The van der Waals surface area contributed by atoms with Gasteiger partial charge in [0.05, 0.1) is 36.6 Å². The number of rotatable bonds is 17. The Morgan fingerprint density at radius 3 is 2.64 bits per heavy atom. The van der Waals surface area contributed by atoms with Crippen LogP contribution in [0, 0.1) is 11.8 Å². The summed E-state index contributed by atoms with van der Waals surface area (Å²) in [4.78, 5) is 58.0. The number of allylic oxidation sites excluding steroid dienone is 1. The molecule has 1 spiro atoms. The maximum Gasteiger partial charge on any atom is 0.306 e. The van der Waals surface area contributed by atoms with Gasteiger partial charge in [0.25, 0.3) is 0 Å². The number of fused-ring (bicyclic) bond motifs is 1.